The quantitative estimate of drug-likeness (QED) is 0.105. The fourth-order valence-electron chi connectivity index (χ4n) is 9.79. The first-order valence-corrected chi connectivity index (χ1v) is 17.9. The molecular weight excluding hydrogens is 538 g/mol. The number of aliphatic carboxylic acids is 1. The van der Waals surface area contributed by atoms with Gasteiger partial charge in [0.25, 0.3) is 0 Å². The van der Waals surface area contributed by atoms with Gasteiger partial charge in [0.05, 0.1) is 0 Å². The summed E-state index contributed by atoms with van der Waals surface area (Å²) in [6.07, 6.45) is 21.4. The highest BCUT2D eigenvalue weighted by Gasteiger charge is 2.58. The van der Waals surface area contributed by atoms with Crippen molar-refractivity contribution in [1.82, 2.24) is 5.32 Å². The number of carboxylic acids is 1. The molecule has 0 heterocycles. The SMILES string of the molecule is CC(C)CCCCC1CCC2C3CC=C4CC(OC(=O)CCCC(=O)NCCCCCC(=O)O)CCC4(C)C3CCC12C. The zero-order chi connectivity index (χ0) is 31.0. The van der Waals surface area contributed by atoms with E-state index >= 15 is 0 Å². The molecule has 0 radical (unpaired) electrons. The Morgan fingerprint density at radius 2 is 1.74 bits per heavy atom. The minimum atomic E-state index is -0.779. The number of rotatable bonds is 16. The van der Waals surface area contributed by atoms with Gasteiger partial charge in [-0.3, -0.25) is 14.4 Å². The van der Waals surface area contributed by atoms with Crippen molar-refractivity contribution < 1.29 is 24.2 Å². The number of nitrogens with one attached hydrogen (secondary N) is 1. The Bertz CT molecular complexity index is 989. The van der Waals surface area contributed by atoms with Crippen molar-refractivity contribution in [1.29, 1.82) is 0 Å². The Morgan fingerprint density at radius 1 is 0.930 bits per heavy atom. The summed E-state index contributed by atoms with van der Waals surface area (Å²) in [6, 6.07) is 0. The summed E-state index contributed by atoms with van der Waals surface area (Å²) in [6.45, 7) is 10.4. The summed E-state index contributed by atoms with van der Waals surface area (Å²) in [7, 11) is 0. The van der Waals surface area contributed by atoms with Crippen LogP contribution in [0.4, 0.5) is 0 Å². The summed E-state index contributed by atoms with van der Waals surface area (Å²) in [5.74, 6) is 3.21. The smallest absolute Gasteiger partial charge is 0.306 e. The largest absolute Gasteiger partial charge is 0.481 e. The van der Waals surface area contributed by atoms with Crippen LogP contribution in [0.15, 0.2) is 11.6 Å². The van der Waals surface area contributed by atoms with E-state index < -0.39 is 5.97 Å². The Balaban J connectivity index is 1.19. The number of carboxylic acid groups (broad SMARTS) is 1. The number of fused-ring (bicyclic) bond motifs is 5. The van der Waals surface area contributed by atoms with Gasteiger partial charge < -0.3 is 15.2 Å². The van der Waals surface area contributed by atoms with Crippen LogP contribution in [-0.2, 0) is 19.1 Å². The molecule has 0 bridgehead atoms. The second-order valence-electron chi connectivity index (χ2n) is 15.5. The maximum atomic E-state index is 12.6. The average molecular weight is 600 g/mol. The number of unbranched alkanes of at least 4 members (excludes halogenated alkanes) is 3. The summed E-state index contributed by atoms with van der Waals surface area (Å²) in [5, 5.41) is 11.5. The molecule has 3 saturated carbocycles. The van der Waals surface area contributed by atoms with E-state index in [2.05, 4.69) is 39.1 Å². The van der Waals surface area contributed by atoms with Crippen LogP contribution in [0.3, 0.4) is 0 Å². The van der Waals surface area contributed by atoms with E-state index in [1.54, 1.807) is 5.57 Å². The van der Waals surface area contributed by atoms with Crippen molar-refractivity contribution in [2.24, 2.45) is 40.4 Å². The highest BCUT2D eigenvalue weighted by Crippen LogP contribution is 2.66. The molecule has 6 nitrogen and oxygen atoms in total. The maximum Gasteiger partial charge on any atom is 0.306 e. The van der Waals surface area contributed by atoms with E-state index in [4.69, 9.17) is 9.84 Å². The van der Waals surface area contributed by atoms with Crippen LogP contribution in [0.2, 0.25) is 0 Å². The van der Waals surface area contributed by atoms with Crippen LogP contribution >= 0.6 is 0 Å². The van der Waals surface area contributed by atoms with Gasteiger partial charge in [-0.05, 0) is 111 Å². The monoisotopic (exact) mass is 599 g/mol. The van der Waals surface area contributed by atoms with E-state index in [1.807, 2.05) is 0 Å². The Kier molecular flexibility index (Phi) is 12.2. The molecular formula is C37H61NO5. The van der Waals surface area contributed by atoms with Gasteiger partial charge in [-0.15, -0.1) is 0 Å². The van der Waals surface area contributed by atoms with Gasteiger partial charge in [-0.1, -0.05) is 65.0 Å². The van der Waals surface area contributed by atoms with Crippen molar-refractivity contribution in [2.75, 3.05) is 6.54 Å². The Morgan fingerprint density at radius 3 is 2.51 bits per heavy atom. The number of esters is 1. The summed E-state index contributed by atoms with van der Waals surface area (Å²) in [4.78, 5) is 35.3. The van der Waals surface area contributed by atoms with Crippen molar-refractivity contribution in [3.05, 3.63) is 11.6 Å². The van der Waals surface area contributed by atoms with Crippen molar-refractivity contribution in [3.63, 3.8) is 0 Å². The molecule has 0 aliphatic heterocycles. The molecule has 0 aromatic heterocycles. The third-order valence-corrected chi connectivity index (χ3v) is 12.3. The molecule has 3 fully saturated rings. The average Bonchev–Trinajstić information content (AvgIpc) is 3.29. The molecule has 43 heavy (non-hydrogen) atoms. The molecule has 4 aliphatic carbocycles. The molecule has 0 aromatic rings. The number of carbonyl (C=O) groups is 3. The molecule has 7 unspecified atom stereocenters. The first kappa shape index (κ1) is 34.0. The highest BCUT2D eigenvalue weighted by molar-refractivity contribution is 5.77. The van der Waals surface area contributed by atoms with E-state index in [0.29, 0.717) is 31.2 Å². The lowest BCUT2D eigenvalue weighted by molar-refractivity contribution is -0.151. The van der Waals surface area contributed by atoms with Crippen LogP contribution in [0.25, 0.3) is 0 Å². The Labute approximate surface area is 261 Å². The molecule has 1 amide bonds. The van der Waals surface area contributed by atoms with Gasteiger partial charge in [0.2, 0.25) is 5.91 Å². The third kappa shape index (κ3) is 8.66. The van der Waals surface area contributed by atoms with Crippen molar-refractivity contribution in [3.8, 4) is 0 Å². The molecule has 0 aromatic carbocycles. The predicted octanol–water partition coefficient (Wildman–Crippen LogP) is 8.63. The zero-order valence-electron chi connectivity index (χ0n) is 27.8. The van der Waals surface area contributed by atoms with E-state index in [0.717, 1.165) is 61.7 Å². The van der Waals surface area contributed by atoms with Gasteiger partial charge in [0, 0.05) is 32.2 Å². The van der Waals surface area contributed by atoms with Gasteiger partial charge in [-0.2, -0.15) is 0 Å². The standard InChI is InChI=1S/C37H61NO5/c1-26(2)11-7-8-12-27-17-19-31-30-18-16-28-25-29(20-22-37(28,4)32(30)21-23-36(27,31)3)43-35(42)15-10-13-33(39)38-24-9-5-6-14-34(40)41/h16,26-27,29-32H,5-15,17-25H2,1-4H3,(H,38,39)(H,40,41). The van der Waals surface area contributed by atoms with Gasteiger partial charge in [0.1, 0.15) is 6.10 Å². The topological polar surface area (TPSA) is 92.7 Å². The minimum absolute atomic E-state index is 0.0291. The number of amides is 1. The molecule has 4 aliphatic rings. The second kappa shape index (κ2) is 15.4. The molecule has 6 heteroatoms. The normalized spacial score (nSPS) is 33.2. The molecule has 7 atom stereocenters. The lowest BCUT2D eigenvalue weighted by Crippen LogP contribution is -2.50. The molecule has 2 N–H and O–H groups in total. The second-order valence-corrected chi connectivity index (χ2v) is 15.5. The molecule has 0 spiro atoms. The van der Waals surface area contributed by atoms with Crippen LogP contribution < -0.4 is 5.32 Å². The summed E-state index contributed by atoms with van der Waals surface area (Å²) in [5.41, 5.74) is 2.34. The van der Waals surface area contributed by atoms with Gasteiger partial charge in [-0.25, -0.2) is 0 Å². The number of ether oxygens (including phenoxy) is 1. The van der Waals surface area contributed by atoms with E-state index in [-0.39, 0.29) is 36.2 Å². The van der Waals surface area contributed by atoms with Crippen LogP contribution in [-0.4, -0.2) is 35.6 Å². The van der Waals surface area contributed by atoms with Gasteiger partial charge >= 0.3 is 11.9 Å². The first-order valence-electron chi connectivity index (χ1n) is 17.9. The maximum absolute atomic E-state index is 12.6. The lowest BCUT2D eigenvalue weighted by Gasteiger charge is -2.58. The van der Waals surface area contributed by atoms with Crippen LogP contribution in [0, 0.1) is 40.4 Å². The van der Waals surface area contributed by atoms with Crippen LogP contribution in [0.1, 0.15) is 150 Å². The highest BCUT2D eigenvalue weighted by atomic mass is 16.5. The lowest BCUT2D eigenvalue weighted by atomic mass is 9.47. The number of allylic oxidation sites excluding steroid dienone is 1. The third-order valence-electron chi connectivity index (χ3n) is 12.3. The molecule has 0 saturated heterocycles. The van der Waals surface area contributed by atoms with Crippen LogP contribution in [0.5, 0.6) is 0 Å². The van der Waals surface area contributed by atoms with Gasteiger partial charge in [0.15, 0.2) is 0 Å². The summed E-state index contributed by atoms with van der Waals surface area (Å²) >= 11 is 0. The molecule has 244 valence electrons. The van der Waals surface area contributed by atoms with Crippen molar-refractivity contribution >= 4 is 17.8 Å². The Hall–Kier alpha value is -1.85. The summed E-state index contributed by atoms with van der Waals surface area (Å²) < 4.78 is 5.95. The minimum Gasteiger partial charge on any atom is -0.481 e. The molecule has 4 rings (SSSR count). The van der Waals surface area contributed by atoms with E-state index in [1.165, 1.54) is 57.8 Å². The fourth-order valence-corrected chi connectivity index (χ4v) is 9.79. The predicted molar refractivity (Wildman–Crippen MR) is 171 cm³/mol. The first-order chi connectivity index (χ1) is 20.5. The number of carbonyl (C=O) groups excluding carboxylic acids is 2. The van der Waals surface area contributed by atoms with E-state index in [9.17, 15) is 14.4 Å². The number of hydrogen-bond acceptors (Lipinski definition) is 4. The zero-order valence-corrected chi connectivity index (χ0v) is 27.8. The number of hydrogen-bond donors (Lipinski definition) is 2. The fraction of sp³-hybridized carbons (Fsp3) is 0.865. The van der Waals surface area contributed by atoms with Crippen molar-refractivity contribution in [2.45, 2.75) is 156 Å².